The van der Waals surface area contributed by atoms with Crippen LogP contribution in [-0.2, 0) is 35.3 Å². The van der Waals surface area contributed by atoms with E-state index in [4.69, 9.17) is 45.4 Å². The summed E-state index contributed by atoms with van der Waals surface area (Å²) in [5.74, 6) is 1.35. The summed E-state index contributed by atoms with van der Waals surface area (Å²) in [5, 5.41) is 8.12. The van der Waals surface area contributed by atoms with Gasteiger partial charge < -0.3 is 30.2 Å². The number of carbonyl (C=O) groups is 3. The number of halogens is 2. The molecule has 2 N–H and O–H groups in total. The molecule has 2 aliphatic carbocycles. The number of likely N-dealkylation sites (tertiary alicyclic amines) is 2. The summed E-state index contributed by atoms with van der Waals surface area (Å²) in [6.45, 7) is 9.67. The molecule has 372 valence electrons. The van der Waals surface area contributed by atoms with Crippen LogP contribution in [0.15, 0.2) is 73.1 Å². The van der Waals surface area contributed by atoms with Crippen molar-refractivity contribution in [1.82, 2.24) is 50.0 Å². The number of urea groups is 1. The van der Waals surface area contributed by atoms with Crippen LogP contribution in [0.5, 0.6) is 0 Å². The number of aromatic nitrogens is 2. The Kier molecular flexibility index (Phi) is 16.6. The van der Waals surface area contributed by atoms with Crippen molar-refractivity contribution in [2.24, 2.45) is 11.8 Å². The number of amides is 4. The molecule has 16 heteroatoms. The Labute approximate surface area is 429 Å². The van der Waals surface area contributed by atoms with Gasteiger partial charge in [0.15, 0.2) is 5.11 Å². The first-order valence-corrected chi connectivity index (χ1v) is 26.6. The van der Waals surface area contributed by atoms with E-state index in [-0.39, 0.29) is 24.0 Å². The summed E-state index contributed by atoms with van der Waals surface area (Å²) in [5.41, 5.74) is 10.1. The lowest BCUT2D eigenvalue weighted by Crippen LogP contribution is -2.50. The third kappa shape index (κ3) is 11.6. The van der Waals surface area contributed by atoms with Crippen molar-refractivity contribution < 1.29 is 14.4 Å². The molecular weight excluding hydrogens is 940 g/mol. The highest BCUT2D eigenvalue weighted by Crippen LogP contribution is 2.39. The van der Waals surface area contributed by atoms with E-state index in [1.54, 1.807) is 7.05 Å². The van der Waals surface area contributed by atoms with Gasteiger partial charge in [-0.1, -0.05) is 47.5 Å². The first kappa shape index (κ1) is 50.1. The first-order valence-electron chi connectivity index (χ1n) is 25.5. The third-order valence-electron chi connectivity index (χ3n) is 15.7. The number of thiocarbonyl (C=S) groups is 1. The molecule has 4 aromatic rings. The normalized spacial score (nSPS) is 21.1. The summed E-state index contributed by atoms with van der Waals surface area (Å²) < 4.78 is 0. The Hall–Kier alpha value is -4.86. The van der Waals surface area contributed by atoms with Crippen LogP contribution in [0.25, 0.3) is 0 Å². The molecule has 2 atom stereocenters. The van der Waals surface area contributed by atoms with Gasteiger partial charge in [-0.15, -0.1) is 0 Å². The fraction of sp³-hybridized carbons (Fsp3) is 0.519. The predicted molar refractivity (Wildman–Crippen MR) is 280 cm³/mol. The monoisotopic (exact) mass is 1010 g/mol. The van der Waals surface area contributed by atoms with Gasteiger partial charge in [-0.05, 0) is 145 Å². The van der Waals surface area contributed by atoms with Crippen molar-refractivity contribution >= 4 is 58.4 Å². The molecule has 4 aliphatic heterocycles. The van der Waals surface area contributed by atoms with Gasteiger partial charge in [0.1, 0.15) is 0 Å². The molecule has 6 aliphatic rings. The Morgan fingerprint density at radius 3 is 1.37 bits per heavy atom. The van der Waals surface area contributed by atoms with Gasteiger partial charge in [0, 0.05) is 128 Å². The molecule has 2 aromatic carbocycles. The van der Waals surface area contributed by atoms with E-state index in [2.05, 4.69) is 66.6 Å². The lowest BCUT2D eigenvalue weighted by atomic mass is 9.93. The molecule has 4 saturated heterocycles. The van der Waals surface area contributed by atoms with Crippen LogP contribution in [-0.4, -0.2) is 155 Å². The van der Waals surface area contributed by atoms with Crippen molar-refractivity contribution in [2.45, 2.75) is 76.3 Å². The summed E-state index contributed by atoms with van der Waals surface area (Å²) >= 11 is 18.1. The second-order valence-electron chi connectivity index (χ2n) is 19.8. The highest BCUT2D eigenvalue weighted by molar-refractivity contribution is 7.80. The van der Waals surface area contributed by atoms with E-state index in [0.29, 0.717) is 30.6 Å². The van der Waals surface area contributed by atoms with Crippen LogP contribution in [0.2, 0.25) is 10.0 Å². The van der Waals surface area contributed by atoms with Crippen LogP contribution in [0.3, 0.4) is 0 Å². The second-order valence-corrected chi connectivity index (χ2v) is 21.1. The van der Waals surface area contributed by atoms with Crippen molar-refractivity contribution in [3.05, 3.63) is 128 Å². The molecule has 4 fully saturated rings. The number of rotatable bonds is 6. The maximum atomic E-state index is 13.1. The highest BCUT2D eigenvalue weighted by Gasteiger charge is 2.36. The quantitative estimate of drug-likeness (QED) is 0.192. The molecule has 0 saturated carbocycles. The number of aryl methyl sites for hydroxylation is 4. The average Bonchev–Trinajstić information content (AvgIpc) is 3.66. The molecule has 0 bridgehead atoms. The summed E-state index contributed by atoms with van der Waals surface area (Å²) in [6, 6.07) is 21.2. The number of piperidine rings is 2. The van der Waals surface area contributed by atoms with Gasteiger partial charge in [-0.3, -0.25) is 29.4 Å². The maximum Gasteiger partial charge on any atom is 0.317 e. The van der Waals surface area contributed by atoms with Crippen molar-refractivity contribution in [3.63, 3.8) is 0 Å². The number of hydrogen-bond donors (Lipinski definition) is 2. The van der Waals surface area contributed by atoms with Gasteiger partial charge >= 0.3 is 6.03 Å². The number of nitrogens with zero attached hydrogens (tertiary/aromatic N) is 8. The Bertz CT molecular complexity index is 2330. The van der Waals surface area contributed by atoms with Crippen LogP contribution in [0.4, 0.5) is 4.79 Å². The van der Waals surface area contributed by atoms with Crippen LogP contribution in [0.1, 0.15) is 95.4 Å². The van der Waals surface area contributed by atoms with Crippen LogP contribution < -0.4 is 10.6 Å². The minimum Gasteiger partial charge on any atom is -0.366 e. The Morgan fingerprint density at radius 2 is 0.957 bits per heavy atom. The van der Waals surface area contributed by atoms with E-state index in [9.17, 15) is 14.4 Å². The number of hydrogen-bond acceptors (Lipinski definition) is 8. The van der Waals surface area contributed by atoms with Gasteiger partial charge in [-0.25, -0.2) is 4.79 Å². The average molecular weight is 1010 g/mol. The van der Waals surface area contributed by atoms with Crippen LogP contribution >= 0.6 is 35.4 Å². The molecular formula is C54H68Cl2N10O3S. The molecule has 10 rings (SSSR count). The molecule has 0 spiro atoms. The highest BCUT2D eigenvalue weighted by atomic mass is 35.5. The summed E-state index contributed by atoms with van der Waals surface area (Å²) in [4.78, 5) is 60.9. The van der Waals surface area contributed by atoms with Crippen molar-refractivity contribution in [2.75, 3.05) is 92.6 Å². The van der Waals surface area contributed by atoms with Crippen LogP contribution in [0, 0.1) is 11.8 Å². The number of carbonyl (C=O) groups excluding carboxylic acids is 3. The topological polar surface area (TPSA) is 120 Å². The standard InChI is InChI=1S/C27H34ClN5O2.C27H34ClN5OS/c2*1-29-27(35)33-11-8-19(9-12-33)17-24(34)31-13-15-32(16-14-31)26-23-7-6-22(28)18-21(23)5-4-20-3-2-10-30-25(20)26/h2*2-3,6-7,10,18-19,26H,4-5,8-9,11-17H2,1H3,(H,29,35). The molecule has 6 heterocycles. The minimum atomic E-state index is -0.0238. The second kappa shape index (κ2) is 23.1. The van der Waals surface area contributed by atoms with E-state index in [0.717, 1.165) is 156 Å². The number of fused-ring (bicyclic) bond motifs is 4. The molecule has 2 aromatic heterocycles. The number of pyridine rings is 2. The summed E-state index contributed by atoms with van der Waals surface area (Å²) in [7, 11) is 3.53. The Balaban J connectivity index is 0.000000174. The number of piperazine rings is 2. The van der Waals surface area contributed by atoms with E-state index in [1.165, 1.54) is 33.4 Å². The van der Waals surface area contributed by atoms with E-state index in [1.807, 2.05) is 53.5 Å². The Morgan fingerprint density at radius 1 is 0.543 bits per heavy atom. The maximum absolute atomic E-state index is 13.1. The molecule has 70 heavy (non-hydrogen) atoms. The fourth-order valence-electron chi connectivity index (χ4n) is 11.7. The first-order chi connectivity index (χ1) is 34.1. The van der Waals surface area contributed by atoms with Gasteiger partial charge in [0.05, 0.1) is 23.5 Å². The molecule has 4 amide bonds. The zero-order chi connectivity index (χ0) is 48.7. The molecule has 2 unspecified atom stereocenters. The zero-order valence-corrected chi connectivity index (χ0v) is 43.1. The molecule has 13 nitrogen and oxygen atoms in total. The lowest BCUT2D eigenvalue weighted by molar-refractivity contribution is -0.135. The smallest absolute Gasteiger partial charge is 0.317 e. The SMILES string of the molecule is CNC(=O)N1CCC(CC(=O)N2CCN(C3c4ccc(Cl)cc4CCc4cccnc43)CC2)CC1.CNC(=S)N1CCC(CC(=O)N2CCN(C3c4ccc(Cl)cc4CCc4cccnc43)CC2)CC1. The van der Waals surface area contributed by atoms with Crippen molar-refractivity contribution in [1.29, 1.82) is 0 Å². The van der Waals surface area contributed by atoms with Crippen molar-refractivity contribution in [3.8, 4) is 0 Å². The van der Waals surface area contributed by atoms with Gasteiger partial charge in [-0.2, -0.15) is 0 Å². The third-order valence-corrected chi connectivity index (χ3v) is 16.7. The largest absolute Gasteiger partial charge is 0.366 e. The number of nitrogens with one attached hydrogen (secondary N) is 2. The summed E-state index contributed by atoms with van der Waals surface area (Å²) in [6.07, 6.45) is 12.7. The minimum absolute atomic E-state index is 0.0238. The van der Waals surface area contributed by atoms with Gasteiger partial charge in [0.2, 0.25) is 11.8 Å². The van der Waals surface area contributed by atoms with E-state index < -0.39 is 0 Å². The fourth-order valence-corrected chi connectivity index (χ4v) is 12.3. The predicted octanol–water partition coefficient (Wildman–Crippen LogP) is 7.18. The van der Waals surface area contributed by atoms with Gasteiger partial charge in [0.25, 0.3) is 0 Å². The van der Waals surface area contributed by atoms with E-state index >= 15 is 0 Å². The zero-order valence-electron chi connectivity index (χ0n) is 40.8. The lowest BCUT2D eigenvalue weighted by Gasteiger charge is -2.40. The number of benzene rings is 2. The molecule has 0 radical (unpaired) electrons.